The third-order valence-corrected chi connectivity index (χ3v) is 3.42. The van der Waals surface area contributed by atoms with Gasteiger partial charge in [-0.3, -0.25) is 0 Å². The number of hydrogen-bond donors (Lipinski definition) is 0. The van der Waals surface area contributed by atoms with Crippen LogP contribution in [0, 0.1) is 0 Å². The summed E-state index contributed by atoms with van der Waals surface area (Å²) >= 11 is 6.22. The van der Waals surface area contributed by atoms with Gasteiger partial charge in [-0.05, 0) is 35.9 Å². The molecule has 0 spiro atoms. The maximum absolute atomic E-state index is 11.9. The fraction of sp³-hybridized carbons (Fsp3) is 0.0588. The summed E-state index contributed by atoms with van der Waals surface area (Å²) in [6.45, 7) is 0. The predicted octanol–water partition coefficient (Wildman–Crippen LogP) is 3.93. The minimum atomic E-state index is -0.457. The molecule has 0 aliphatic carbocycles. The highest BCUT2D eigenvalue weighted by Gasteiger charge is 2.09. The van der Waals surface area contributed by atoms with Gasteiger partial charge in [0.25, 0.3) is 0 Å². The number of nitrogens with zero attached hydrogens (tertiary/aromatic N) is 1. The van der Waals surface area contributed by atoms with Crippen molar-refractivity contribution in [1.29, 1.82) is 0 Å². The first kappa shape index (κ1) is 14.4. The van der Waals surface area contributed by atoms with Crippen LogP contribution < -0.4 is 10.4 Å². The summed E-state index contributed by atoms with van der Waals surface area (Å²) in [5.74, 6) is 0.852. The van der Waals surface area contributed by atoms with E-state index in [1.54, 1.807) is 37.5 Å². The van der Waals surface area contributed by atoms with Crippen molar-refractivity contribution in [3.63, 3.8) is 0 Å². The predicted molar refractivity (Wildman–Crippen MR) is 87.0 cm³/mol. The van der Waals surface area contributed by atoms with Crippen molar-refractivity contribution in [2.24, 2.45) is 0 Å². The molecule has 0 radical (unpaired) electrons. The first-order valence-electron chi connectivity index (χ1n) is 6.59. The zero-order valence-corrected chi connectivity index (χ0v) is 12.5. The molecule has 0 aliphatic rings. The van der Waals surface area contributed by atoms with E-state index >= 15 is 0 Å². The summed E-state index contributed by atoms with van der Waals surface area (Å²) in [6, 6.07) is 14.3. The highest BCUT2D eigenvalue weighted by atomic mass is 35.5. The van der Waals surface area contributed by atoms with Gasteiger partial charge >= 0.3 is 5.63 Å². The lowest BCUT2D eigenvalue weighted by atomic mass is 10.2. The van der Waals surface area contributed by atoms with E-state index in [0.29, 0.717) is 10.9 Å². The lowest BCUT2D eigenvalue weighted by molar-refractivity contribution is 0.415. The van der Waals surface area contributed by atoms with Crippen LogP contribution in [0.25, 0.3) is 22.0 Å². The molecule has 0 bridgehead atoms. The van der Waals surface area contributed by atoms with E-state index in [2.05, 4.69) is 4.98 Å². The fourth-order valence-corrected chi connectivity index (χ4v) is 2.24. The minimum Gasteiger partial charge on any atom is -0.497 e. The smallest absolute Gasteiger partial charge is 0.347 e. The minimum absolute atomic E-state index is 0.0983. The lowest BCUT2D eigenvalue weighted by Crippen LogP contribution is -2.03. The van der Waals surface area contributed by atoms with E-state index in [4.69, 9.17) is 20.8 Å². The van der Waals surface area contributed by atoms with Crippen molar-refractivity contribution in [3.8, 4) is 5.75 Å². The SMILES string of the molecule is COc1ccc(/C=C(\Cl)c2nc3ccccc3c(=O)o2)cc1. The molecule has 1 aromatic heterocycles. The third kappa shape index (κ3) is 2.87. The number of hydrogen-bond acceptors (Lipinski definition) is 4. The van der Waals surface area contributed by atoms with Crippen LogP contribution in [0.15, 0.2) is 57.7 Å². The summed E-state index contributed by atoms with van der Waals surface area (Å²) in [7, 11) is 1.60. The zero-order chi connectivity index (χ0) is 15.5. The number of aromatic nitrogens is 1. The average Bonchev–Trinajstić information content (AvgIpc) is 2.55. The molecule has 0 aliphatic heterocycles. The Kier molecular flexibility index (Phi) is 3.94. The van der Waals surface area contributed by atoms with Crippen LogP contribution in [0.4, 0.5) is 0 Å². The van der Waals surface area contributed by atoms with Gasteiger partial charge in [0, 0.05) is 0 Å². The van der Waals surface area contributed by atoms with E-state index in [9.17, 15) is 4.79 Å². The molecular formula is C17H12ClNO3. The normalized spacial score (nSPS) is 11.6. The molecule has 4 nitrogen and oxygen atoms in total. The van der Waals surface area contributed by atoms with Crippen molar-refractivity contribution in [3.05, 3.63) is 70.4 Å². The molecule has 22 heavy (non-hydrogen) atoms. The van der Waals surface area contributed by atoms with Gasteiger partial charge in [0.05, 0.1) is 18.0 Å². The first-order valence-corrected chi connectivity index (χ1v) is 6.96. The van der Waals surface area contributed by atoms with Gasteiger partial charge in [0.2, 0.25) is 5.89 Å². The Hall–Kier alpha value is -2.59. The number of fused-ring (bicyclic) bond motifs is 1. The van der Waals surface area contributed by atoms with E-state index in [-0.39, 0.29) is 10.9 Å². The Morgan fingerprint density at radius 3 is 2.64 bits per heavy atom. The topological polar surface area (TPSA) is 52.3 Å². The number of methoxy groups -OCH3 is 1. The third-order valence-electron chi connectivity index (χ3n) is 3.15. The molecule has 0 unspecified atom stereocenters. The van der Waals surface area contributed by atoms with Crippen LogP contribution in [0.1, 0.15) is 11.5 Å². The largest absolute Gasteiger partial charge is 0.497 e. The Morgan fingerprint density at radius 1 is 1.18 bits per heavy atom. The molecule has 2 aromatic carbocycles. The second-order valence-electron chi connectivity index (χ2n) is 4.59. The van der Waals surface area contributed by atoms with Crippen LogP contribution in [-0.4, -0.2) is 12.1 Å². The summed E-state index contributed by atoms with van der Waals surface area (Å²) in [6.07, 6.45) is 1.68. The van der Waals surface area contributed by atoms with Crippen LogP contribution in [-0.2, 0) is 0 Å². The Bertz CT molecular complexity index is 898. The number of para-hydroxylation sites is 1. The first-order chi connectivity index (χ1) is 10.7. The maximum Gasteiger partial charge on any atom is 0.347 e. The van der Waals surface area contributed by atoms with Crippen LogP contribution in [0.3, 0.4) is 0 Å². The summed E-state index contributed by atoms with van der Waals surface area (Å²) < 4.78 is 10.3. The standard InChI is InChI=1S/C17H12ClNO3/c1-21-12-8-6-11(7-9-12)10-14(18)16-19-15-5-3-2-4-13(15)17(20)22-16/h2-10H,1H3/b14-10-. The molecule has 1 heterocycles. The number of ether oxygens (including phenoxy) is 1. The van der Waals surface area contributed by atoms with E-state index in [0.717, 1.165) is 11.3 Å². The summed E-state index contributed by atoms with van der Waals surface area (Å²) in [5, 5.41) is 0.688. The van der Waals surface area contributed by atoms with Crippen molar-refractivity contribution < 1.29 is 9.15 Å². The molecule has 3 rings (SSSR count). The number of halogens is 1. The van der Waals surface area contributed by atoms with Gasteiger partial charge in [-0.1, -0.05) is 35.9 Å². The molecular weight excluding hydrogens is 302 g/mol. The monoisotopic (exact) mass is 313 g/mol. The highest BCUT2D eigenvalue weighted by molar-refractivity contribution is 6.50. The van der Waals surface area contributed by atoms with Gasteiger partial charge < -0.3 is 9.15 Å². The Morgan fingerprint density at radius 2 is 1.91 bits per heavy atom. The molecule has 5 heteroatoms. The zero-order valence-electron chi connectivity index (χ0n) is 11.7. The molecule has 3 aromatic rings. The molecule has 110 valence electrons. The Balaban J connectivity index is 2.02. The molecule has 0 N–H and O–H groups in total. The molecule has 0 saturated carbocycles. The average molecular weight is 314 g/mol. The van der Waals surface area contributed by atoms with Gasteiger partial charge in [0.1, 0.15) is 10.8 Å². The van der Waals surface area contributed by atoms with Gasteiger partial charge in [-0.25, -0.2) is 9.78 Å². The van der Waals surface area contributed by atoms with E-state index < -0.39 is 5.63 Å². The highest BCUT2D eigenvalue weighted by Crippen LogP contribution is 2.22. The van der Waals surface area contributed by atoms with Gasteiger partial charge in [-0.2, -0.15) is 0 Å². The van der Waals surface area contributed by atoms with E-state index in [1.165, 1.54) is 0 Å². The molecule has 0 saturated heterocycles. The van der Waals surface area contributed by atoms with Crippen molar-refractivity contribution in [2.45, 2.75) is 0 Å². The number of rotatable bonds is 3. The Labute approximate surface area is 131 Å². The van der Waals surface area contributed by atoms with Crippen molar-refractivity contribution in [2.75, 3.05) is 7.11 Å². The van der Waals surface area contributed by atoms with E-state index in [1.807, 2.05) is 24.3 Å². The van der Waals surface area contributed by atoms with Crippen LogP contribution >= 0.6 is 11.6 Å². The second kappa shape index (κ2) is 6.03. The second-order valence-corrected chi connectivity index (χ2v) is 5.00. The fourth-order valence-electron chi connectivity index (χ4n) is 2.03. The number of benzene rings is 2. The quantitative estimate of drug-likeness (QED) is 0.735. The van der Waals surface area contributed by atoms with Gasteiger partial charge in [0.15, 0.2) is 0 Å². The molecule has 0 amide bonds. The molecule has 0 fully saturated rings. The van der Waals surface area contributed by atoms with Crippen LogP contribution in [0.5, 0.6) is 5.75 Å². The van der Waals surface area contributed by atoms with Crippen molar-refractivity contribution in [1.82, 2.24) is 4.98 Å². The summed E-state index contributed by atoms with van der Waals surface area (Å²) in [4.78, 5) is 16.2. The van der Waals surface area contributed by atoms with Gasteiger partial charge in [-0.15, -0.1) is 0 Å². The van der Waals surface area contributed by atoms with Crippen molar-refractivity contribution >= 4 is 33.6 Å². The maximum atomic E-state index is 11.9. The summed E-state index contributed by atoms with van der Waals surface area (Å²) in [5.41, 5.74) is 0.945. The lowest BCUT2D eigenvalue weighted by Gasteiger charge is -2.02. The molecule has 0 atom stereocenters. The van der Waals surface area contributed by atoms with Crippen LogP contribution in [0.2, 0.25) is 0 Å².